The van der Waals surface area contributed by atoms with E-state index >= 15 is 0 Å². The molecule has 3 aliphatic carbocycles. The lowest BCUT2D eigenvalue weighted by atomic mass is 9.68. The van der Waals surface area contributed by atoms with E-state index in [1.54, 1.807) is 11.1 Å². The molecular weight excluding hydrogens is 593 g/mol. The second-order valence-electron chi connectivity index (χ2n) is 14.0. The lowest BCUT2D eigenvalue weighted by Gasteiger charge is -2.36. The van der Waals surface area contributed by atoms with Crippen molar-refractivity contribution in [1.29, 1.82) is 0 Å². The number of rotatable bonds is 5. The van der Waals surface area contributed by atoms with E-state index in [9.17, 15) is 0 Å². The summed E-state index contributed by atoms with van der Waals surface area (Å²) in [4.78, 5) is 10.2. The summed E-state index contributed by atoms with van der Waals surface area (Å²) in [6.45, 7) is 2.24. The van der Waals surface area contributed by atoms with Crippen molar-refractivity contribution in [2.45, 2.75) is 57.3 Å². The van der Waals surface area contributed by atoms with E-state index in [0.717, 1.165) is 41.2 Å². The van der Waals surface area contributed by atoms with Gasteiger partial charge in [0, 0.05) is 16.5 Å². The Morgan fingerprint density at radius 2 is 1.24 bits per heavy atom. The minimum absolute atomic E-state index is 0.199. The van der Waals surface area contributed by atoms with E-state index in [-0.39, 0.29) is 5.41 Å². The fourth-order valence-corrected chi connectivity index (χ4v) is 8.64. The molecular formula is C47H40N2. The van der Waals surface area contributed by atoms with E-state index in [1.165, 1.54) is 76.6 Å². The van der Waals surface area contributed by atoms with Gasteiger partial charge < -0.3 is 0 Å². The summed E-state index contributed by atoms with van der Waals surface area (Å²) >= 11 is 0. The molecule has 3 aliphatic rings. The molecule has 0 amide bonds. The Morgan fingerprint density at radius 1 is 0.531 bits per heavy atom. The van der Waals surface area contributed by atoms with Crippen LogP contribution in [0.25, 0.3) is 61.5 Å². The molecule has 238 valence electrons. The zero-order valence-corrected chi connectivity index (χ0v) is 28.1. The number of allylic oxidation sites excluding steroid dienone is 4. The van der Waals surface area contributed by atoms with Crippen molar-refractivity contribution >= 4 is 5.57 Å². The number of aryl methyl sites for hydroxylation is 1. The molecule has 9 rings (SSSR count). The molecule has 1 aromatic heterocycles. The van der Waals surface area contributed by atoms with Gasteiger partial charge in [-0.25, -0.2) is 9.97 Å². The van der Waals surface area contributed by atoms with Crippen LogP contribution in [0, 0.1) is 6.92 Å². The van der Waals surface area contributed by atoms with Gasteiger partial charge in [-0.2, -0.15) is 0 Å². The third-order valence-corrected chi connectivity index (χ3v) is 11.1. The molecule has 2 nitrogen and oxygen atoms in total. The summed E-state index contributed by atoms with van der Waals surface area (Å²) in [5, 5.41) is 0. The molecule has 0 saturated heterocycles. The van der Waals surface area contributed by atoms with Crippen molar-refractivity contribution in [3.05, 3.63) is 162 Å². The van der Waals surface area contributed by atoms with Gasteiger partial charge in [0.05, 0.1) is 11.4 Å². The average Bonchev–Trinajstić information content (AvgIpc) is 3.43. The Hall–Kier alpha value is -5.34. The Bertz CT molecular complexity index is 2270. The zero-order chi connectivity index (χ0) is 32.8. The van der Waals surface area contributed by atoms with Gasteiger partial charge in [0.15, 0.2) is 5.82 Å². The van der Waals surface area contributed by atoms with Crippen LogP contribution in [0.3, 0.4) is 0 Å². The molecule has 0 aliphatic heterocycles. The number of hydrogen-bond acceptors (Lipinski definition) is 2. The molecule has 6 aromatic rings. The van der Waals surface area contributed by atoms with E-state index in [2.05, 4.69) is 140 Å². The summed E-state index contributed by atoms with van der Waals surface area (Å²) in [6.07, 6.45) is 15.0. The maximum absolute atomic E-state index is 5.13. The van der Waals surface area contributed by atoms with Gasteiger partial charge >= 0.3 is 0 Å². The molecule has 0 bridgehead atoms. The molecule has 0 atom stereocenters. The molecule has 5 aromatic carbocycles. The van der Waals surface area contributed by atoms with E-state index in [4.69, 9.17) is 9.97 Å². The third kappa shape index (κ3) is 5.27. The first kappa shape index (κ1) is 29.8. The first-order valence-corrected chi connectivity index (χ1v) is 17.9. The number of benzene rings is 5. The molecule has 0 unspecified atom stereocenters. The van der Waals surface area contributed by atoms with E-state index in [0.29, 0.717) is 0 Å². The van der Waals surface area contributed by atoms with Crippen molar-refractivity contribution in [3.8, 4) is 55.9 Å². The molecule has 1 saturated carbocycles. The van der Waals surface area contributed by atoms with Crippen LogP contribution < -0.4 is 0 Å². The van der Waals surface area contributed by atoms with Gasteiger partial charge in [-0.15, -0.1) is 0 Å². The smallest absolute Gasteiger partial charge is 0.156 e. The van der Waals surface area contributed by atoms with E-state index in [1.807, 2.05) is 6.07 Å². The highest BCUT2D eigenvalue weighted by molar-refractivity contribution is 5.86. The number of fused-ring (bicyclic) bond motifs is 5. The predicted molar refractivity (Wildman–Crippen MR) is 204 cm³/mol. The maximum atomic E-state index is 5.13. The van der Waals surface area contributed by atoms with Gasteiger partial charge in [-0.3, -0.25) is 0 Å². The average molecular weight is 633 g/mol. The first-order valence-electron chi connectivity index (χ1n) is 17.9. The summed E-state index contributed by atoms with van der Waals surface area (Å²) in [7, 11) is 0. The highest BCUT2D eigenvalue weighted by atomic mass is 14.9. The predicted octanol–water partition coefficient (Wildman–Crippen LogP) is 12.4. The fourth-order valence-electron chi connectivity index (χ4n) is 8.64. The molecule has 0 radical (unpaired) electrons. The molecule has 2 heteroatoms. The lowest BCUT2D eigenvalue weighted by Crippen LogP contribution is -2.27. The summed E-state index contributed by atoms with van der Waals surface area (Å²) in [5.41, 5.74) is 17.7. The van der Waals surface area contributed by atoms with Crippen LogP contribution in [0.5, 0.6) is 0 Å². The van der Waals surface area contributed by atoms with Crippen LogP contribution >= 0.6 is 0 Å². The second kappa shape index (κ2) is 12.3. The van der Waals surface area contributed by atoms with Gasteiger partial charge in [0.1, 0.15) is 0 Å². The maximum Gasteiger partial charge on any atom is 0.156 e. The van der Waals surface area contributed by atoms with Crippen molar-refractivity contribution < 1.29 is 0 Å². The highest BCUT2D eigenvalue weighted by Gasteiger charge is 2.43. The summed E-state index contributed by atoms with van der Waals surface area (Å²) in [6, 6.07) is 44.8. The van der Waals surface area contributed by atoms with Gasteiger partial charge in [-0.05, 0) is 106 Å². The molecule has 49 heavy (non-hydrogen) atoms. The normalized spacial score (nSPS) is 15.9. The van der Waals surface area contributed by atoms with Gasteiger partial charge in [0.25, 0.3) is 0 Å². The standard InChI is InChI=1S/C47H40N2/c1-32-28-35(36-23-25-43-41(30-36)40-20-9-10-21-42(40)47(43)26-11-4-12-27-47)22-24-39(32)37-18-13-19-38(29-37)45-31-44(33-14-5-2-6-15-33)48-46(49-45)34-16-7-3-8-17-34/h2-3,5-7,9-10,13-16,18-25,28-31H,4,8,11-12,17,26-27H2,1H3. The Balaban J connectivity index is 1.07. The van der Waals surface area contributed by atoms with Crippen LogP contribution in [-0.4, -0.2) is 9.97 Å². The number of hydrogen-bond donors (Lipinski definition) is 0. The minimum atomic E-state index is 0.199. The lowest BCUT2D eigenvalue weighted by molar-refractivity contribution is 0.353. The SMILES string of the molecule is Cc1cc(-c2ccc3c(c2)-c2ccccc2C32CCCCC2)ccc1-c1cccc(-c2cc(-c3ccccc3)nc(C3=CC=CCC3)n2)c1. The topological polar surface area (TPSA) is 25.8 Å². The van der Waals surface area contributed by atoms with Crippen molar-refractivity contribution in [2.24, 2.45) is 0 Å². The van der Waals surface area contributed by atoms with Crippen LogP contribution in [0.1, 0.15) is 67.5 Å². The van der Waals surface area contributed by atoms with Crippen molar-refractivity contribution in [1.82, 2.24) is 9.97 Å². The van der Waals surface area contributed by atoms with Crippen molar-refractivity contribution in [2.75, 3.05) is 0 Å². The van der Waals surface area contributed by atoms with Gasteiger partial charge in [-0.1, -0.05) is 141 Å². The Kier molecular flexibility index (Phi) is 7.46. The van der Waals surface area contributed by atoms with Crippen LogP contribution in [0.4, 0.5) is 0 Å². The molecule has 0 N–H and O–H groups in total. The Morgan fingerprint density at radius 3 is 2.06 bits per heavy atom. The zero-order valence-electron chi connectivity index (χ0n) is 28.1. The molecule has 1 spiro atoms. The fraction of sp³-hybridized carbons (Fsp3) is 0.191. The monoisotopic (exact) mass is 632 g/mol. The summed E-state index contributed by atoms with van der Waals surface area (Å²) < 4.78 is 0. The van der Waals surface area contributed by atoms with Crippen molar-refractivity contribution in [3.63, 3.8) is 0 Å². The number of aromatic nitrogens is 2. The quantitative estimate of drug-likeness (QED) is 0.189. The van der Waals surface area contributed by atoms with E-state index < -0.39 is 0 Å². The first-order chi connectivity index (χ1) is 24.2. The largest absolute Gasteiger partial charge is 0.228 e. The third-order valence-electron chi connectivity index (χ3n) is 11.1. The van der Waals surface area contributed by atoms with Crippen LogP contribution in [0.2, 0.25) is 0 Å². The highest BCUT2D eigenvalue weighted by Crippen LogP contribution is 2.56. The van der Waals surface area contributed by atoms with Crippen LogP contribution in [0.15, 0.2) is 140 Å². The molecule has 1 heterocycles. The number of nitrogens with zero attached hydrogens (tertiary/aromatic N) is 2. The second-order valence-corrected chi connectivity index (χ2v) is 14.0. The molecule has 1 fully saturated rings. The summed E-state index contributed by atoms with van der Waals surface area (Å²) in [5.74, 6) is 0.818. The Labute approximate surface area is 290 Å². The minimum Gasteiger partial charge on any atom is -0.228 e. The van der Waals surface area contributed by atoms with Gasteiger partial charge in [0.2, 0.25) is 0 Å². The van der Waals surface area contributed by atoms with Crippen LogP contribution in [-0.2, 0) is 5.41 Å².